The third-order valence-electron chi connectivity index (χ3n) is 3.33. The number of hydrazine groups is 1. The van der Waals surface area contributed by atoms with Crippen molar-refractivity contribution in [3.8, 4) is 0 Å². The number of benzene rings is 2. The fourth-order valence-corrected chi connectivity index (χ4v) is 2.13. The molecule has 0 aliphatic carbocycles. The molecule has 0 spiro atoms. The molecule has 0 atom stereocenters. The van der Waals surface area contributed by atoms with Crippen molar-refractivity contribution in [2.75, 3.05) is 0 Å². The number of carbonyl (C=O) groups excluding carboxylic acids is 1. The summed E-state index contributed by atoms with van der Waals surface area (Å²) in [6, 6.07) is 15.8. The topological polar surface area (TPSA) is 41.1 Å². The van der Waals surface area contributed by atoms with Gasteiger partial charge in [0.15, 0.2) is 0 Å². The average Bonchev–Trinajstić information content (AvgIpc) is 2.47. The van der Waals surface area contributed by atoms with Crippen LogP contribution in [0.3, 0.4) is 0 Å². The maximum absolute atomic E-state index is 12.1. The molecule has 0 radical (unpaired) electrons. The zero-order valence-corrected chi connectivity index (χ0v) is 12.6. The molecule has 0 aromatic heterocycles. The van der Waals surface area contributed by atoms with Gasteiger partial charge in [0, 0.05) is 11.8 Å². The summed E-state index contributed by atoms with van der Waals surface area (Å²) in [5.41, 5.74) is 10.5. The van der Waals surface area contributed by atoms with Crippen molar-refractivity contribution in [2.45, 2.75) is 20.8 Å². The van der Waals surface area contributed by atoms with Crippen LogP contribution in [-0.2, 0) is 0 Å². The van der Waals surface area contributed by atoms with E-state index in [-0.39, 0.29) is 5.91 Å². The summed E-state index contributed by atoms with van der Waals surface area (Å²) in [7, 11) is 0. The first-order chi connectivity index (χ1) is 10.1. The summed E-state index contributed by atoms with van der Waals surface area (Å²) >= 11 is 0. The second-order valence-electron chi connectivity index (χ2n) is 5.11. The predicted molar refractivity (Wildman–Crippen MR) is 86.6 cm³/mol. The van der Waals surface area contributed by atoms with Crippen LogP contribution in [0, 0.1) is 13.8 Å². The molecule has 0 aliphatic heterocycles. The number of amides is 1. The normalized spacial score (nSPS) is 11.1. The summed E-state index contributed by atoms with van der Waals surface area (Å²) in [5, 5.41) is 0. The highest BCUT2D eigenvalue weighted by Gasteiger charge is 2.07. The number of rotatable bonds is 4. The minimum absolute atomic E-state index is 0.135. The van der Waals surface area contributed by atoms with E-state index >= 15 is 0 Å². The maximum Gasteiger partial charge on any atom is 0.269 e. The monoisotopic (exact) mass is 280 g/mol. The number of hydrogen-bond acceptors (Lipinski definition) is 2. The summed E-state index contributed by atoms with van der Waals surface area (Å²) < 4.78 is 0. The Labute approximate surface area is 125 Å². The predicted octanol–water partition coefficient (Wildman–Crippen LogP) is 3.60. The van der Waals surface area contributed by atoms with Crippen molar-refractivity contribution in [1.29, 1.82) is 0 Å². The molecular formula is C18H20N2O. The molecule has 2 rings (SSSR count). The molecule has 21 heavy (non-hydrogen) atoms. The Kier molecular flexibility index (Phi) is 4.77. The molecule has 1 amide bonds. The van der Waals surface area contributed by atoms with Crippen LogP contribution in [0.4, 0.5) is 0 Å². The lowest BCUT2D eigenvalue weighted by atomic mass is 10.1. The van der Waals surface area contributed by atoms with Crippen LogP contribution in [0.25, 0.3) is 5.57 Å². The van der Waals surface area contributed by atoms with E-state index < -0.39 is 0 Å². The third-order valence-corrected chi connectivity index (χ3v) is 3.33. The molecule has 2 N–H and O–H groups in total. The molecule has 108 valence electrons. The quantitative estimate of drug-likeness (QED) is 0.840. The van der Waals surface area contributed by atoms with Gasteiger partial charge in [-0.1, -0.05) is 48.0 Å². The summed E-state index contributed by atoms with van der Waals surface area (Å²) in [6.07, 6.45) is 1.79. The molecule has 2 aromatic rings. The highest BCUT2D eigenvalue weighted by Crippen LogP contribution is 2.12. The lowest BCUT2D eigenvalue weighted by molar-refractivity contribution is 0.0940. The molecule has 0 bridgehead atoms. The number of nitrogens with one attached hydrogen (secondary N) is 2. The van der Waals surface area contributed by atoms with Gasteiger partial charge in [0.1, 0.15) is 0 Å². The zero-order valence-electron chi connectivity index (χ0n) is 12.6. The molecule has 0 aliphatic rings. The van der Waals surface area contributed by atoms with Gasteiger partial charge < -0.3 is 5.43 Å². The van der Waals surface area contributed by atoms with Crippen molar-refractivity contribution in [1.82, 2.24) is 10.9 Å². The fourth-order valence-electron chi connectivity index (χ4n) is 2.13. The Morgan fingerprint density at radius 3 is 2.43 bits per heavy atom. The molecule has 0 saturated carbocycles. The van der Waals surface area contributed by atoms with E-state index in [4.69, 9.17) is 0 Å². The van der Waals surface area contributed by atoms with Gasteiger partial charge in [0.2, 0.25) is 0 Å². The first-order valence-electron chi connectivity index (χ1n) is 6.93. The van der Waals surface area contributed by atoms with E-state index in [0.717, 1.165) is 22.3 Å². The number of aryl methyl sites for hydroxylation is 2. The van der Waals surface area contributed by atoms with Gasteiger partial charge in [-0.05, 0) is 43.5 Å². The maximum atomic E-state index is 12.1. The first kappa shape index (κ1) is 14.9. The van der Waals surface area contributed by atoms with Crippen LogP contribution in [-0.4, -0.2) is 5.91 Å². The second-order valence-corrected chi connectivity index (χ2v) is 5.11. The molecule has 0 saturated heterocycles. The highest BCUT2D eigenvalue weighted by molar-refractivity contribution is 5.95. The standard InChI is InChI=1S/C18H20N2O/c1-13-9-10-17(14(2)11-13)18(21)20-19-12-15(3)16-7-5-4-6-8-16/h4-12,19H,1-3H3,(H,20,21)/b15-12+. The Morgan fingerprint density at radius 1 is 1.05 bits per heavy atom. The molecule has 2 aromatic carbocycles. The van der Waals surface area contributed by atoms with Gasteiger partial charge in [0.25, 0.3) is 5.91 Å². The number of hydrogen-bond donors (Lipinski definition) is 2. The van der Waals surface area contributed by atoms with E-state index in [9.17, 15) is 4.79 Å². The first-order valence-corrected chi connectivity index (χ1v) is 6.93. The van der Waals surface area contributed by atoms with Gasteiger partial charge in [0.05, 0.1) is 0 Å². The minimum Gasteiger partial charge on any atom is -0.305 e. The molecule has 0 fully saturated rings. The van der Waals surface area contributed by atoms with Gasteiger partial charge in [-0.2, -0.15) is 0 Å². The van der Waals surface area contributed by atoms with Crippen LogP contribution in [0.5, 0.6) is 0 Å². The van der Waals surface area contributed by atoms with E-state index in [1.807, 2.05) is 69.3 Å². The van der Waals surface area contributed by atoms with E-state index in [2.05, 4.69) is 10.9 Å². The van der Waals surface area contributed by atoms with Gasteiger partial charge >= 0.3 is 0 Å². The molecular weight excluding hydrogens is 260 g/mol. The number of carbonyl (C=O) groups is 1. The van der Waals surface area contributed by atoms with Gasteiger partial charge in [-0.3, -0.25) is 10.2 Å². The minimum atomic E-state index is -0.135. The van der Waals surface area contributed by atoms with Crippen molar-refractivity contribution in [2.24, 2.45) is 0 Å². The molecule has 0 unspecified atom stereocenters. The van der Waals surface area contributed by atoms with Crippen molar-refractivity contribution >= 4 is 11.5 Å². The molecule has 3 nitrogen and oxygen atoms in total. The Bertz CT molecular complexity index is 660. The zero-order chi connectivity index (χ0) is 15.2. The smallest absolute Gasteiger partial charge is 0.269 e. The third kappa shape index (κ3) is 3.96. The molecule has 0 heterocycles. The highest BCUT2D eigenvalue weighted by atomic mass is 16.2. The van der Waals surface area contributed by atoms with Crippen molar-refractivity contribution in [3.05, 3.63) is 77.0 Å². The van der Waals surface area contributed by atoms with Crippen LogP contribution in [0.15, 0.2) is 54.7 Å². The van der Waals surface area contributed by atoms with Crippen LogP contribution in [0.1, 0.15) is 34.0 Å². The SMILES string of the molecule is C/C(=C\NNC(=O)c1ccc(C)cc1C)c1ccccc1. The Balaban J connectivity index is 1.98. The van der Waals surface area contributed by atoms with E-state index in [1.54, 1.807) is 6.20 Å². The van der Waals surface area contributed by atoms with E-state index in [0.29, 0.717) is 5.56 Å². The Morgan fingerprint density at radius 2 is 1.76 bits per heavy atom. The second kappa shape index (κ2) is 6.75. The van der Waals surface area contributed by atoms with Crippen LogP contribution >= 0.6 is 0 Å². The average molecular weight is 280 g/mol. The van der Waals surface area contributed by atoms with Gasteiger partial charge in [-0.15, -0.1) is 0 Å². The van der Waals surface area contributed by atoms with Crippen molar-refractivity contribution < 1.29 is 4.79 Å². The summed E-state index contributed by atoms with van der Waals surface area (Å²) in [4.78, 5) is 12.1. The van der Waals surface area contributed by atoms with E-state index in [1.165, 1.54) is 0 Å². The largest absolute Gasteiger partial charge is 0.305 e. The molecule has 3 heteroatoms. The fraction of sp³-hybridized carbons (Fsp3) is 0.167. The number of allylic oxidation sites excluding steroid dienone is 1. The lowest BCUT2D eigenvalue weighted by Crippen LogP contribution is -2.34. The lowest BCUT2D eigenvalue weighted by Gasteiger charge is -2.09. The van der Waals surface area contributed by atoms with Crippen molar-refractivity contribution in [3.63, 3.8) is 0 Å². The van der Waals surface area contributed by atoms with Gasteiger partial charge in [-0.25, -0.2) is 0 Å². The summed E-state index contributed by atoms with van der Waals surface area (Å²) in [5.74, 6) is -0.135. The summed E-state index contributed by atoms with van der Waals surface area (Å²) in [6.45, 7) is 5.94. The van der Waals surface area contributed by atoms with Crippen LogP contribution < -0.4 is 10.9 Å². The van der Waals surface area contributed by atoms with Crippen LogP contribution in [0.2, 0.25) is 0 Å². The Hall–Kier alpha value is -2.55.